The molecule has 1 aliphatic rings. The third-order valence-electron chi connectivity index (χ3n) is 3.14. The third-order valence-corrected chi connectivity index (χ3v) is 3.14. The molecule has 1 aromatic heterocycles. The molecule has 0 fully saturated rings. The highest BCUT2D eigenvalue weighted by molar-refractivity contribution is 5.57. The number of ether oxygens (including phenoxy) is 1. The summed E-state index contributed by atoms with van der Waals surface area (Å²) in [7, 11) is 1.67. The highest BCUT2D eigenvalue weighted by atomic mass is 16.5. The lowest BCUT2D eigenvalue weighted by molar-refractivity contribution is 0.415. The van der Waals surface area contributed by atoms with Crippen LogP contribution in [0.3, 0.4) is 0 Å². The van der Waals surface area contributed by atoms with Crippen molar-refractivity contribution < 1.29 is 4.74 Å². The zero-order chi connectivity index (χ0) is 12.4. The van der Waals surface area contributed by atoms with Crippen LogP contribution in [0.2, 0.25) is 0 Å². The first-order valence-corrected chi connectivity index (χ1v) is 6.07. The Balaban J connectivity index is 2.00. The molecule has 0 atom stereocenters. The van der Waals surface area contributed by atoms with Crippen LogP contribution in [0.25, 0.3) is 11.4 Å². The summed E-state index contributed by atoms with van der Waals surface area (Å²) >= 11 is 0. The van der Waals surface area contributed by atoms with Gasteiger partial charge in [-0.3, -0.25) is 0 Å². The summed E-state index contributed by atoms with van der Waals surface area (Å²) in [5.41, 5.74) is 3.35. The quantitative estimate of drug-likeness (QED) is 0.871. The molecule has 2 heterocycles. The Kier molecular flexibility index (Phi) is 2.94. The second-order valence-electron chi connectivity index (χ2n) is 4.32. The number of fused-ring (bicyclic) bond motifs is 1. The molecule has 18 heavy (non-hydrogen) atoms. The first-order valence-electron chi connectivity index (χ1n) is 6.07. The summed E-state index contributed by atoms with van der Waals surface area (Å²) in [6.45, 7) is 1.86. The Bertz CT molecular complexity index is 569. The molecule has 0 saturated heterocycles. The van der Waals surface area contributed by atoms with Gasteiger partial charge in [-0.05, 0) is 12.1 Å². The van der Waals surface area contributed by atoms with Crippen LogP contribution in [-0.4, -0.2) is 23.6 Å². The zero-order valence-corrected chi connectivity index (χ0v) is 10.3. The van der Waals surface area contributed by atoms with Crippen LogP contribution in [0.1, 0.15) is 11.3 Å². The van der Waals surface area contributed by atoms with E-state index in [0.29, 0.717) is 0 Å². The zero-order valence-electron chi connectivity index (χ0n) is 10.3. The minimum Gasteiger partial charge on any atom is -0.497 e. The molecule has 92 valence electrons. The van der Waals surface area contributed by atoms with Crippen molar-refractivity contribution in [2.75, 3.05) is 13.7 Å². The summed E-state index contributed by atoms with van der Waals surface area (Å²) < 4.78 is 5.22. The molecule has 1 N–H and O–H groups in total. The lowest BCUT2D eigenvalue weighted by Gasteiger charge is -2.16. The monoisotopic (exact) mass is 241 g/mol. The highest BCUT2D eigenvalue weighted by Crippen LogP contribution is 2.22. The van der Waals surface area contributed by atoms with E-state index in [4.69, 9.17) is 4.74 Å². The van der Waals surface area contributed by atoms with Gasteiger partial charge in [-0.25, -0.2) is 9.97 Å². The van der Waals surface area contributed by atoms with E-state index < -0.39 is 0 Å². The van der Waals surface area contributed by atoms with Gasteiger partial charge in [-0.2, -0.15) is 0 Å². The van der Waals surface area contributed by atoms with Crippen LogP contribution in [0.5, 0.6) is 5.75 Å². The third kappa shape index (κ3) is 2.07. The summed E-state index contributed by atoms with van der Waals surface area (Å²) in [5.74, 6) is 1.60. The molecule has 0 radical (unpaired) electrons. The van der Waals surface area contributed by atoms with Gasteiger partial charge >= 0.3 is 0 Å². The topological polar surface area (TPSA) is 47.0 Å². The Morgan fingerprint density at radius 2 is 2.28 bits per heavy atom. The van der Waals surface area contributed by atoms with Gasteiger partial charge in [0.05, 0.1) is 12.8 Å². The fourth-order valence-corrected chi connectivity index (χ4v) is 2.14. The molecule has 0 bridgehead atoms. The second kappa shape index (κ2) is 4.74. The Morgan fingerprint density at radius 3 is 3.17 bits per heavy atom. The molecule has 0 saturated carbocycles. The fraction of sp³-hybridized carbons (Fsp3) is 0.286. The average molecular weight is 241 g/mol. The second-order valence-corrected chi connectivity index (χ2v) is 4.32. The van der Waals surface area contributed by atoms with Crippen molar-refractivity contribution in [3.63, 3.8) is 0 Å². The largest absolute Gasteiger partial charge is 0.497 e. The minimum absolute atomic E-state index is 0.773. The normalized spacial score (nSPS) is 14.1. The Labute approximate surface area is 106 Å². The van der Waals surface area contributed by atoms with E-state index in [1.165, 1.54) is 5.56 Å². The number of methoxy groups -OCH3 is 1. The molecule has 0 amide bonds. The molecule has 1 aromatic carbocycles. The van der Waals surface area contributed by atoms with E-state index in [-0.39, 0.29) is 0 Å². The maximum Gasteiger partial charge on any atom is 0.159 e. The molecule has 3 rings (SSSR count). The Morgan fingerprint density at radius 1 is 1.33 bits per heavy atom. The summed E-state index contributed by atoms with van der Waals surface area (Å²) in [6, 6.07) is 7.85. The lowest BCUT2D eigenvalue weighted by Crippen LogP contribution is -2.24. The lowest BCUT2D eigenvalue weighted by atomic mass is 10.1. The van der Waals surface area contributed by atoms with Crippen molar-refractivity contribution in [3.8, 4) is 17.1 Å². The van der Waals surface area contributed by atoms with E-state index in [0.717, 1.165) is 42.3 Å². The molecular formula is C14H15N3O. The number of benzene rings is 1. The van der Waals surface area contributed by atoms with Crippen LogP contribution >= 0.6 is 0 Å². The van der Waals surface area contributed by atoms with E-state index >= 15 is 0 Å². The fourth-order valence-electron chi connectivity index (χ4n) is 2.14. The van der Waals surface area contributed by atoms with E-state index in [9.17, 15) is 0 Å². The summed E-state index contributed by atoms with van der Waals surface area (Å²) in [5, 5.41) is 3.32. The van der Waals surface area contributed by atoms with Crippen LogP contribution in [0, 0.1) is 0 Å². The van der Waals surface area contributed by atoms with Crippen LogP contribution < -0.4 is 10.1 Å². The van der Waals surface area contributed by atoms with Crippen molar-refractivity contribution >= 4 is 0 Å². The first kappa shape index (κ1) is 11.2. The van der Waals surface area contributed by atoms with E-state index in [1.807, 2.05) is 30.5 Å². The highest BCUT2D eigenvalue weighted by Gasteiger charge is 2.12. The maximum absolute atomic E-state index is 5.22. The van der Waals surface area contributed by atoms with Crippen molar-refractivity contribution in [3.05, 3.63) is 41.7 Å². The number of aromatic nitrogens is 2. The number of nitrogens with zero attached hydrogens (tertiary/aromatic N) is 2. The molecule has 0 spiro atoms. The average Bonchev–Trinajstić information content (AvgIpc) is 2.47. The molecule has 2 aromatic rings. The molecule has 0 unspecified atom stereocenters. The van der Waals surface area contributed by atoms with Gasteiger partial charge in [-0.15, -0.1) is 0 Å². The minimum atomic E-state index is 0.773. The van der Waals surface area contributed by atoms with Gasteiger partial charge < -0.3 is 10.1 Å². The first-order chi connectivity index (χ1) is 8.86. The van der Waals surface area contributed by atoms with Gasteiger partial charge in [0.1, 0.15) is 5.75 Å². The molecule has 4 heteroatoms. The maximum atomic E-state index is 5.22. The summed E-state index contributed by atoms with van der Waals surface area (Å²) in [4.78, 5) is 9.08. The molecule has 0 aliphatic carbocycles. The van der Waals surface area contributed by atoms with Gasteiger partial charge in [-0.1, -0.05) is 12.1 Å². The van der Waals surface area contributed by atoms with Gasteiger partial charge in [0.2, 0.25) is 0 Å². The predicted molar refractivity (Wildman–Crippen MR) is 69.4 cm³/mol. The predicted octanol–water partition coefficient (Wildman–Crippen LogP) is 1.80. The number of nitrogens with one attached hydrogen (secondary N) is 1. The van der Waals surface area contributed by atoms with Gasteiger partial charge in [0.25, 0.3) is 0 Å². The number of hydrogen-bond donors (Lipinski definition) is 1. The van der Waals surface area contributed by atoms with Crippen LogP contribution in [0.15, 0.2) is 30.5 Å². The van der Waals surface area contributed by atoms with Crippen molar-refractivity contribution in [1.82, 2.24) is 15.3 Å². The van der Waals surface area contributed by atoms with E-state index in [1.54, 1.807) is 7.11 Å². The van der Waals surface area contributed by atoms with Crippen LogP contribution in [-0.2, 0) is 13.0 Å². The molecule has 4 nitrogen and oxygen atoms in total. The SMILES string of the molecule is COc1cccc(-c2ncc3c(n2)CCNC3)c1. The van der Waals surface area contributed by atoms with Crippen LogP contribution in [0.4, 0.5) is 0 Å². The number of hydrogen-bond acceptors (Lipinski definition) is 4. The summed E-state index contributed by atoms with van der Waals surface area (Å²) in [6.07, 6.45) is 2.89. The van der Waals surface area contributed by atoms with Crippen molar-refractivity contribution in [1.29, 1.82) is 0 Å². The van der Waals surface area contributed by atoms with Gasteiger partial charge in [0, 0.05) is 36.8 Å². The smallest absolute Gasteiger partial charge is 0.159 e. The van der Waals surface area contributed by atoms with Gasteiger partial charge in [0.15, 0.2) is 5.82 Å². The van der Waals surface area contributed by atoms with E-state index in [2.05, 4.69) is 15.3 Å². The standard InChI is InChI=1S/C14H15N3O/c1-18-12-4-2-3-10(7-12)14-16-9-11-8-15-6-5-13(11)17-14/h2-4,7,9,15H,5-6,8H2,1H3. The number of rotatable bonds is 2. The Hall–Kier alpha value is -1.94. The molecule has 1 aliphatic heterocycles. The van der Waals surface area contributed by atoms with Crippen molar-refractivity contribution in [2.24, 2.45) is 0 Å². The van der Waals surface area contributed by atoms with Crippen molar-refractivity contribution in [2.45, 2.75) is 13.0 Å². The molecular weight excluding hydrogens is 226 g/mol.